The Labute approximate surface area is 157 Å². The second kappa shape index (κ2) is 8.70. The van der Waals surface area contributed by atoms with Crippen molar-refractivity contribution in [1.82, 2.24) is 0 Å². The fraction of sp³-hybridized carbons (Fsp3) is 0.176. The van der Waals surface area contributed by atoms with Crippen molar-refractivity contribution in [2.45, 2.75) is 6.92 Å². The van der Waals surface area contributed by atoms with E-state index < -0.39 is 18.4 Å². The van der Waals surface area contributed by atoms with Gasteiger partial charge in [0.1, 0.15) is 11.6 Å². The van der Waals surface area contributed by atoms with Crippen LogP contribution in [0.5, 0.6) is 17.2 Å². The minimum atomic E-state index is -0.716. The summed E-state index contributed by atoms with van der Waals surface area (Å²) in [6.07, 6.45) is 0. The van der Waals surface area contributed by atoms with Crippen molar-refractivity contribution in [3.8, 4) is 23.3 Å². The molecular formula is C17H12BrClFNO4. The molecule has 2 rings (SSSR count). The average molecular weight is 429 g/mol. The molecule has 0 spiro atoms. The Hall–Kier alpha value is -2.30. The molecule has 0 aliphatic rings. The molecular weight excluding hydrogens is 417 g/mol. The van der Waals surface area contributed by atoms with E-state index in [2.05, 4.69) is 15.9 Å². The quantitative estimate of drug-likeness (QED) is 0.501. The lowest BCUT2D eigenvalue weighted by atomic mass is 10.2. The van der Waals surface area contributed by atoms with Crippen molar-refractivity contribution in [2.24, 2.45) is 0 Å². The van der Waals surface area contributed by atoms with Crippen LogP contribution in [0.15, 0.2) is 34.8 Å². The lowest BCUT2D eigenvalue weighted by molar-refractivity contribution is -0.136. The Morgan fingerprint density at radius 1 is 1.28 bits per heavy atom. The summed E-state index contributed by atoms with van der Waals surface area (Å²) in [5.41, 5.74) is 0.351. The molecule has 0 N–H and O–H groups in total. The second-order valence-electron chi connectivity index (χ2n) is 4.67. The van der Waals surface area contributed by atoms with Crippen LogP contribution in [0.1, 0.15) is 12.5 Å². The van der Waals surface area contributed by atoms with Crippen LogP contribution in [-0.2, 0) is 4.79 Å². The largest absolute Gasteiger partial charge is 0.490 e. The standard InChI is InChI=1S/C17H12BrClFNO4/c1-2-23-15-6-10(8-21)5-12(18)17(15)25-16(22)9-24-14-4-3-11(20)7-13(14)19/h3-7H,2,9H2,1H3. The number of benzene rings is 2. The number of hydrogen-bond acceptors (Lipinski definition) is 5. The topological polar surface area (TPSA) is 68.5 Å². The molecule has 0 saturated carbocycles. The zero-order valence-corrected chi connectivity index (χ0v) is 15.4. The smallest absolute Gasteiger partial charge is 0.349 e. The van der Waals surface area contributed by atoms with Gasteiger partial charge >= 0.3 is 5.97 Å². The predicted molar refractivity (Wildman–Crippen MR) is 92.6 cm³/mol. The van der Waals surface area contributed by atoms with E-state index >= 15 is 0 Å². The highest BCUT2D eigenvalue weighted by Crippen LogP contribution is 2.37. The van der Waals surface area contributed by atoms with Crippen molar-refractivity contribution in [3.05, 3.63) is 51.2 Å². The van der Waals surface area contributed by atoms with E-state index in [1.165, 1.54) is 18.2 Å². The Balaban J connectivity index is 2.11. The Kier molecular flexibility index (Phi) is 6.62. The maximum atomic E-state index is 13.0. The van der Waals surface area contributed by atoms with Crippen LogP contribution in [0.4, 0.5) is 4.39 Å². The number of esters is 1. The van der Waals surface area contributed by atoms with Gasteiger partial charge in [-0.15, -0.1) is 0 Å². The van der Waals surface area contributed by atoms with Gasteiger partial charge in [0.15, 0.2) is 18.1 Å². The summed E-state index contributed by atoms with van der Waals surface area (Å²) >= 11 is 9.06. The van der Waals surface area contributed by atoms with Gasteiger partial charge in [-0.05, 0) is 47.1 Å². The molecule has 25 heavy (non-hydrogen) atoms. The Morgan fingerprint density at radius 2 is 2.04 bits per heavy atom. The van der Waals surface area contributed by atoms with Crippen LogP contribution in [0.3, 0.4) is 0 Å². The summed E-state index contributed by atoms with van der Waals surface area (Å²) in [7, 11) is 0. The molecule has 0 amide bonds. The average Bonchev–Trinajstić information content (AvgIpc) is 2.57. The molecule has 0 radical (unpaired) electrons. The lowest BCUT2D eigenvalue weighted by Crippen LogP contribution is -2.18. The van der Waals surface area contributed by atoms with Crippen LogP contribution in [0.2, 0.25) is 5.02 Å². The molecule has 2 aromatic carbocycles. The molecule has 0 aromatic heterocycles. The van der Waals surface area contributed by atoms with Gasteiger partial charge in [0.25, 0.3) is 0 Å². The summed E-state index contributed by atoms with van der Waals surface area (Å²) in [6.45, 7) is 1.65. The highest BCUT2D eigenvalue weighted by atomic mass is 79.9. The third-order valence-corrected chi connectivity index (χ3v) is 3.78. The van der Waals surface area contributed by atoms with Gasteiger partial charge in [-0.25, -0.2) is 9.18 Å². The van der Waals surface area contributed by atoms with Crippen LogP contribution < -0.4 is 14.2 Å². The molecule has 130 valence electrons. The first-order chi connectivity index (χ1) is 11.9. The van der Waals surface area contributed by atoms with Crippen molar-refractivity contribution in [3.63, 3.8) is 0 Å². The SMILES string of the molecule is CCOc1cc(C#N)cc(Br)c1OC(=O)COc1ccc(F)cc1Cl. The van der Waals surface area contributed by atoms with Crippen LogP contribution in [-0.4, -0.2) is 19.2 Å². The number of carbonyl (C=O) groups excluding carboxylic acids is 1. The number of nitriles is 1. The summed E-state index contributed by atoms with van der Waals surface area (Å²) in [5.74, 6) is -0.681. The van der Waals surface area contributed by atoms with Gasteiger partial charge in [0.05, 0.1) is 27.7 Å². The Morgan fingerprint density at radius 3 is 2.68 bits per heavy atom. The maximum absolute atomic E-state index is 13.0. The molecule has 5 nitrogen and oxygen atoms in total. The third-order valence-electron chi connectivity index (χ3n) is 2.89. The van der Waals surface area contributed by atoms with E-state index in [4.69, 9.17) is 31.1 Å². The number of rotatable bonds is 6. The number of halogens is 3. The van der Waals surface area contributed by atoms with E-state index in [0.29, 0.717) is 16.6 Å². The van der Waals surface area contributed by atoms with E-state index in [1.807, 2.05) is 6.07 Å². The van der Waals surface area contributed by atoms with Gasteiger partial charge in [-0.1, -0.05) is 11.6 Å². The first-order valence-electron chi connectivity index (χ1n) is 7.09. The molecule has 0 fully saturated rings. The van der Waals surface area contributed by atoms with Gasteiger partial charge in [0, 0.05) is 6.07 Å². The molecule has 0 atom stereocenters. The predicted octanol–water partition coefficient (Wildman–Crippen LogP) is 4.50. The zero-order chi connectivity index (χ0) is 18.4. The number of nitrogens with zero attached hydrogens (tertiary/aromatic N) is 1. The first kappa shape index (κ1) is 19.0. The second-order valence-corrected chi connectivity index (χ2v) is 5.93. The normalized spacial score (nSPS) is 10.0. The number of carbonyl (C=O) groups is 1. The summed E-state index contributed by atoms with van der Waals surface area (Å²) in [5, 5.41) is 9.03. The highest BCUT2D eigenvalue weighted by Gasteiger charge is 2.17. The molecule has 8 heteroatoms. The monoisotopic (exact) mass is 427 g/mol. The Bertz CT molecular complexity index is 838. The van der Waals surface area contributed by atoms with E-state index in [1.54, 1.807) is 6.92 Å². The van der Waals surface area contributed by atoms with Crippen LogP contribution in [0, 0.1) is 17.1 Å². The van der Waals surface area contributed by atoms with Crippen molar-refractivity contribution < 1.29 is 23.4 Å². The van der Waals surface area contributed by atoms with E-state index in [9.17, 15) is 9.18 Å². The highest BCUT2D eigenvalue weighted by molar-refractivity contribution is 9.10. The van der Waals surface area contributed by atoms with Gasteiger partial charge in [-0.2, -0.15) is 5.26 Å². The van der Waals surface area contributed by atoms with Crippen molar-refractivity contribution in [2.75, 3.05) is 13.2 Å². The van der Waals surface area contributed by atoms with Crippen LogP contribution in [0.25, 0.3) is 0 Å². The molecule has 0 heterocycles. The number of ether oxygens (including phenoxy) is 3. The number of hydrogen-bond donors (Lipinski definition) is 0. The summed E-state index contributed by atoms with van der Waals surface area (Å²) < 4.78 is 29.2. The van der Waals surface area contributed by atoms with E-state index in [-0.39, 0.29) is 22.3 Å². The van der Waals surface area contributed by atoms with Crippen molar-refractivity contribution >= 4 is 33.5 Å². The molecule has 0 bridgehead atoms. The minimum absolute atomic E-state index is 0.0439. The lowest BCUT2D eigenvalue weighted by Gasteiger charge is -2.13. The molecule has 0 unspecified atom stereocenters. The van der Waals surface area contributed by atoms with Crippen molar-refractivity contribution in [1.29, 1.82) is 5.26 Å². The first-order valence-corrected chi connectivity index (χ1v) is 8.26. The van der Waals surface area contributed by atoms with E-state index in [0.717, 1.165) is 12.1 Å². The van der Waals surface area contributed by atoms with Gasteiger partial charge in [-0.3, -0.25) is 0 Å². The zero-order valence-electron chi connectivity index (χ0n) is 13.0. The van der Waals surface area contributed by atoms with Crippen LogP contribution >= 0.6 is 27.5 Å². The fourth-order valence-corrected chi connectivity index (χ4v) is 2.61. The molecule has 0 aliphatic heterocycles. The van der Waals surface area contributed by atoms with Gasteiger partial charge < -0.3 is 14.2 Å². The molecule has 2 aromatic rings. The third kappa shape index (κ3) is 5.08. The summed E-state index contributed by atoms with van der Waals surface area (Å²) in [4.78, 5) is 12.0. The maximum Gasteiger partial charge on any atom is 0.349 e. The van der Waals surface area contributed by atoms with Gasteiger partial charge in [0.2, 0.25) is 0 Å². The fourth-order valence-electron chi connectivity index (χ4n) is 1.87. The molecule has 0 saturated heterocycles. The summed E-state index contributed by atoms with van der Waals surface area (Å²) in [6, 6.07) is 8.51. The minimum Gasteiger partial charge on any atom is -0.490 e. The molecule has 0 aliphatic carbocycles.